The van der Waals surface area contributed by atoms with Crippen molar-refractivity contribution in [3.8, 4) is 11.5 Å². The molecule has 0 saturated carbocycles. The number of aliphatic hydroxyl groups excluding tert-OH is 2. The lowest BCUT2D eigenvalue weighted by molar-refractivity contribution is 0.125. The molecule has 7 nitrogen and oxygen atoms in total. The lowest BCUT2D eigenvalue weighted by Crippen LogP contribution is -2.33. The van der Waals surface area contributed by atoms with E-state index in [0.29, 0.717) is 24.5 Å². The predicted octanol–water partition coefficient (Wildman–Crippen LogP) is 3.43. The van der Waals surface area contributed by atoms with E-state index in [1.807, 2.05) is 25.1 Å². The van der Waals surface area contributed by atoms with Gasteiger partial charge < -0.3 is 30.4 Å². The fourth-order valence-corrected chi connectivity index (χ4v) is 3.55. The van der Waals surface area contributed by atoms with Crippen molar-refractivity contribution < 1.29 is 19.7 Å². The Bertz CT molecular complexity index is 948. The summed E-state index contributed by atoms with van der Waals surface area (Å²) in [4.78, 5) is 0. The Labute approximate surface area is 207 Å². The molecule has 0 radical (unpaired) electrons. The normalized spacial score (nSPS) is 13.3. The molecule has 0 fully saturated rings. The molecule has 188 valence electrons. The largest absolute Gasteiger partial charge is 0.494 e. The number of aryl methyl sites for hydroxylation is 1. The molecule has 1 unspecified atom stereocenters. The lowest BCUT2D eigenvalue weighted by atomic mass is 9.77. The van der Waals surface area contributed by atoms with Crippen molar-refractivity contribution in [1.29, 1.82) is 0 Å². The highest BCUT2D eigenvalue weighted by atomic mass is 35.5. The molecule has 0 heterocycles. The van der Waals surface area contributed by atoms with Crippen LogP contribution in [0.2, 0.25) is 0 Å². The van der Waals surface area contributed by atoms with Gasteiger partial charge in [0.05, 0.1) is 24.8 Å². The third kappa shape index (κ3) is 7.53. The van der Waals surface area contributed by atoms with Crippen LogP contribution >= 0.6 is 11.6 Å². The summed E-state index contributed by atoms with van der Waals surface area (Å²) in [6, 6.07) is 14.2. The van der Waals surface area contributed by atoms with E-state index in [9.17, 15) is 5.11 Å². The molecule has 0 saturated heterocycles. The quantitative estimate of drug-likeness (QED) is 0.147. The Morgan fingerprint density at radius 2 is 1.76 bits per heavy atom. The van der Waals surface area contributed by atoms with Crippen LogP contribution in [-0.2, 0) is 5.41 Å². The molecule has 34 heavy (non-hydrogen) atoms. The monoisotopic (exact) mass is 491 g/mol. The summed E-state index contributed by atoms with van der Waals surface area (Å²) >= 11 is 5.64. The lowest BCUT2D eigenvalue weighted by Gasteiger charge is -2.27. The zero-order chi connectivity index (χ0) is 25.3. The molecule has 6 N–H and O–H groups in total. The minimum absolute atomic E-state index is 0.145. The maximum atomic E-state index is 9.62. The SMILES string of the molecule is C/C(=C(/N)CO)N(N)CCCOc1ccc(C(C)(C)c2ccc(OCC(O)CCl)c(C)c2)cc1. The van der Waals surface area contributed by atoms with Gasteiger partial charge in [-0.2, -0.15) is 0 Å². The van der Waals surface area contributed by atoms with E-state index in [0.717, 1.165) is 29.0 Å². The van der Waals surface area contributed by atoms with Gasteiger partial charge in [-0.1, -0.05) is 38.1 Å². The van der Waals surface area contributed by atoms with Gasteiger partial charge in [0.25, 0.3) is 0 Å². The van der Waals surface area contributed by atoms with Gasteiger partial charge in [0.1, 0.15) is 24.2 Å². The van der Waals surface area contributed by atoms with Gasteiger partial charge in [-0.15, -0.1) is 11.6 Å². The summed E-state index contributed by atoms with van der Waals surface area (Å²) in [5.74, 6) is 7.64. The van der Waals surface area contributed by atoms with E-state index in [-0.39, 0.29) is 24.5 Å². The Balaban J connectivity index is 1.96. The zero-order valence-corrected chi connectivity index (χ0v) is 21.3. The molecule has 0 aliphatic rings. The molecule has 0 aliphatic heterocycles. The highest BCUT2D eigenvalue weighted by Gasteiger charge is 2.24. The summed E-state index contributed by atoms with van der Waals surface area (Å²) < 4.78 is 11.6. The molecule has 0 spiro atoms. The van der Waals surface area contributed by atoms with Crippen molar-refractivity contribution in [3.05, 3.63) is 70.5 Å². The second-order valence-corrected chi connectivity index (χ2v) is 9.22. The fraction of sp³-hybridized carbons (Fsp3) is 0.462. The molecule has 0 aliphatic carbocycles. The number of hydrogen-bond acceptors (Lipinski definition) is 7. The van der Waals surface area contributed by atoms with E-state index in [1.54, 1.807) is 6.92 Å². The predicted molar refractivity (Wildman–Crippen MR) is 137 cm³/mol. The molecule has 2 rings (SSSR count). The van der Waals surface area contributed by atoms with E-state index in [4.69, 9.17) is 37.8 Å². The molecule has 0 bridgehead atoms. The molecular weight excluding hydrogens is 454 g/mol. The van der Waals surface area contributed by atoms with Crippen LogP contribution in [0.15, 0.2) is 53.9 Å². The highest BCUT2D eigenvalue weighted by molar-refractivity contribution is 6.18. The van der Waals surface area contributed by atoms with Gasteiger partial charge >= 0.3 is 0 Å². The first-order valence-corrected chi connectivity index (χ1v) is 11.9. The van der Waals surface area contributed by atoms with Gasteiger partial charge in [0.15, 0.2) is 0 Å². The maximum absolute atomic E-state index is 9.62. The number of benzene rings is 2. The Hall–Kier alpha value is -2.45. The number of halogens is 1. The molecule has 2 aromatic carbocycles. The summed E-state index contributed by atoms with van der Waals surface area (Å²) in [7, 11) is 0. The van der Waals surface area contributed by atoms with Crippen LogP contribution in [0.5, 0.6) is 11.5 Å². The van der Waals surface area contributed by atoms with Crippen LogP contribution in [0.1, 0.15) is 43.9 Å². The first-order valence-electron chi connectivity index (χ1n) is 11.4. The Kier molecular flexibility index (Phi) is 10.5. The summed E-state index contributed by atoms with van der Waals surface area (Å²) in [5, 5.41) is 20.2. The average molecular weight is 492 g/mol. The first-order chi connectivity index (χ1) is 16.1. The summed E-state index contributed by atoms with van der Waals surface area (Å²) in [5.41, 5.74) is 9.86. The Morgan fingerprint density at radius 1 is 1.12 bits per heavy atom. The fourth-order valence-electron chi connectivity index (χ4n) is 3.46. The van der Waals surface area contributed by atoms with E-state index < -0.39 is 6.10 Å². The molecule has 8 heteroatoms. The topological polar surface area (TPSA) is 114 Å². The van der Waals surface area contributed by atoms with Crippen molar-refractivity contribution in [2.75, 3.05) is 32.2 Å². The number of nitrogens with two attached hydrogens (primary N) is 2. The molecule has 0 aromatic heterocycles. The molecule has 1 atom stereocenters. The van der Waals surface area contributed by atoms with Crippen molar-refractivity contribution in [2.24, 2.45) is 11.6 Å². The van der Waals surface area contributed by atoms with Crippen LogP contribution in [0, 0.1) is 6.92 Å². The Morgan fingerprint density at radius 3 is 2.35 bits per heavy atom. The number of hydrazine groups is 1. The number of hydrogen-bond donors (Lipinski definition) is 4. The first kappa shape index (κ1) is 27.8. The van der Waals surface area contributed by atoms with Crippen LogP contribution < -0.4 is 21.1 Å². The van der Waals surface area contributed by atoms with Crippen LogP contribution in [0.3, 0.4) is 0 Å². The molecule has 2 aromatic rings. The minimum atomic E-state index is -0.682. The maximum Gasteiger partial charge on any atom is 0.122 e. The number of allylic oxidation sites excluding steroid dienone is 1. The van der Waals surface area contributed by atoms with Crippen molar-refractivity contribution in [3.63, 3.8) is 0 Å². The number of alkyl halides is 1. The van der Waals surface area contributed by atoms with E-state index in [2.05, 4.69) is 38.1 Å². The number of ether oxygens (including phenoxy) is 2. The third-order valence-electron chi connectivity index (χ3n) is 5.96. The van der Waals surface area contributed by atoms with Crippen molar-refractivity contribution in [1.82, 2.24) is 5.01 Å². The van der Waals surface area contributed by atoms with Gasteiger partial charge in [0, 0.05) is 24.1 Å². The minimum Gasteiger partial charge on any atom is -0.494 e. The smallest absolute Gasteiger partial charge is 0.122 e. The van der Waals surface area contributed by atoms with Gasteiger partial charge in [0.2, 0.25) is 0 Å². The van der Waals surface area contributed by atoms with Crippen LogP contribution in [0.4, 0.5) is 0 Å². The van der Waals surface area contributed by atoms with E-state index >= 15 is 0 Å². The van der Waals surface area contributed by atoms with Crippen molar-refractivity contribution >= 4 is 11.6 Å². The van der Waals surface area contributed by atoms with Gasteiger partial charge in [-0.25, -0.2) is 5.84 Å². The summed E-state index contributed by atoms with van der Waals surface area (Å²) in [6.45, 7) is 9.18. The molecular formula is C26H38ClN3O4. The number of rotatable bonds is 13. The third-order valence-corrected chi connectivity index (χ3v) is 6.32. The van der Waals surface area contributed by atoms with Crippen LogP contribution in [-0.4, -0.2) is 53.6 Å². The van der Waals surface area contributed by atoms with Gasteiger partial charge in [-0.05, 0) is 48.7 Å². The standard InChI is InChI=1S/C26H38ClN3O4/c1-18-14-21(8-11-25(18)34-17-22(32)15-27)26(3,4)20-6-9-23(10-7-20)33-13-5-12-30(29)19(2)24(28)16-31/h6-11,14,22,31-32H,5,12-13,15-17,28-29H2,1-4H3/b24-19-. The van der Waals surface area contributed by atoms with Crippen molar-refractivity contribution in [2.45, 2.75) is 45.6 Å². The highest BCUT2D eigenvalue weighted by Crippen LogP contribution is 2.34. The number of nitrogens with zero attached hydrogens (tertiary/aromatic N) is 1. The second kappa shape index (κ2) is 12.9. The zero-order valence-electron chi connectivity index (χ0n) is 20.6. The van der Waals surface area contributed by atoms with E-state index in [1.165, 1.54) is 10.6 Å². The van der Waals surface area contributed by atoms with Crippen LogP contribution in [0.25, 0.3) is 0 Å². The second-order valence-electron chi connectivity index (χ2n) is 8.91. The number of aliphatic hydroxyl groups is 2. The summed E-state index contributed by atoms with van der Waals surface area (Å²) in [6.07, 6.45) is 0.0354. The molecule has 0 amide bonds. The average Bonchev–Trinajstić information content (AvgIpc) is 2.84. The van der Waals surface area contributed by atoms with Gasteiger partial charge in [-0.3, -0.25) is 0 Å².